The van der Waals surface area contributed by atoms with E-state index in [1.807, 2.05) is 0 Å². The smallest absolute Gasteiger partial charge is 0.374 e. The summed E-state index contributed by atoms with van der Waals surface area (Å²) in [7, 11) is 1.72. The molecule has 1 aromatic heterocycles. The number of aromatic nitrogens is 2. The molecule has 1 saturated heterocycles. The van der Waals surface area contributed by atoms with Crippen LogP contribution in [0.3, 0.4) is 0 Å². The SMILES string of the molecule is CCN1CCOC(CNc2c([N+](=O)[O-])ncn2C)C1. The number of anilines is 1. The summed E-state index contributed by atoms with van der Waals surface area (Å²) in [5.74, 6) is 0.271. The molecule has 0 spiro atoms. The molecule has 2 rings (SSSR count). The molecule has 8 heteroatoms. The average molecular weight is 269 g/mol. The van der Waals surface area contributed by atoms with Gasteiger partial charge in [0, 0.05) is 26.7 Å². The summed E-state index contributed by atoms with van der Waals surface area (Å²) in [5, 5.41) is 13.9. The molecule has 2 heterocycles. The molecule has 1 atom stereocenters. The van der Waals surface area contributed by atoms with Gasteiger partial charge in [0.15, 0.2) is 0 Å². The van der Waals surface area contributed by atoms with Gasteiger partial charge < -0.3 is 20.2 Å². The molecule has 1 aliphatic rings. The lowest BCUT2D eigenvalue weighted by Gasteiger charge is -2.32. The minimum atomic E-state index is -0.484. The zero-order valence-corrected chi connectivity index (χ0v) is 11.2. The van der Waals surface area contributed by atoms with Crippen molar-refractivity contribution in [1.29, 1.82) is 0 Å². The van der Waals surface area contributed by atoms with Crippen molar-refractivity contribution in [1.82, 2.24) is 14.5 Å². The predicted octanol–water partition coefficient (Wildman–Crippen LogP) is 0.461. The molecule has 0 aliphatic carbocycles. The maximum absolute atomic E-state index is 10.8. The zero-order valence-electron chi connectivity index (χ0n) is 11.2. The van der Waals surface area contributed by atoms with Gasteiger partial charge in [-0.3, -0.25) is 9.47 Å². The molecule has 1 fully saturated rings. The Labute approximate surface area is 111 Å². The number of aryl methyl sites for hydroxylation is 1. The van der Waals surface area contributed by atoms with E-state index in [1.54, 1.807) is 11.6 Å². The van der Waals surface area contributed by atoms with E-state index in [4.69, 9.17) is 4.74 Å². The number of morpholine rings is 1. The third kappa shape index (κ3) is 3.21. The molecule has 8 nitrogen and oxygen atoms in total. The van der Waals surface area contributed by atoms with Gasteiger partial charge in [-0.15, -0.1) is 0 Å². The maximum Gasteiger partial charge on any atom is 0.406 e. The van der Waals surface area contributed by atoms with E-state index in [0.717, 1.165) is 19.6 Å². The first-order valence-corrected chi connectivity index (χ1v) is 6.35. The van der Waals surface area contributed by atoms with Crippen molar-refractivity contribution in [3.05, 3.63) is 16.4 Å². The Bertz CT molecular complexity index is 448. The van der Waals surface area contributed by atoms with Crippen LogP contribution in [0.2, 0.25) is 0 Å². The van der Waals surface area contributed by atoms with Crippen LogP contribution in [-0.2, 0) is 11.8 Å². The first kappa shape index (κ1) is 13.8. The number of nitrogens with zero attached hydrogens (tertiary/aromatic N) is 4. The van der Waals surface area contributed by atoms with Crippen molar-refractivity contribution in [3.63, 3.8) is 0 Å². The number of hydrogen-bond acceptors (Lipinski definition) is 6. The second-order valence-corrected chi connectivity index (χ2v) is 4.55. The van der Waals surface area contributed by atoms with Crippen molar-refractivity contribution < 1.29 is 9.66 Å². The Morgan fingerprint density at radius 2 is 2.47 bits per heavy atom. The van der Waals surface area contributed by atoms with E-state index in [2.05, 4.69) is 22.1 Å². The van der Waals surface area contributed by atoms with Crippen LogP contribution in [0.25, 0.3) is 0 Å². The molecule has 0 amide bonds. The fourth-order valence-electron chi connectivity index (χ4n) is 2.16. The minimum absolute atomic E-state index is 0.0446. The molecule has 1 unspecified atom stereocenters. The fourth-order valence-corrected chi connectivity index (χ4v) is 2.16. The maximum atomic E-state index is 10.8. The van der Waals surface area contributed by atoms with Crippen molar-refractivity contribution in [2.24, 2.45) is 7.05 Å². The highest BCUT2D eigenvalue weighted by Gasteiger charge is 2.23. The van der Waals surface area contributed by atoms with E-state index < -0.39 is 4.92 Å². The van der Waals surface area contributed by atoms with E-state index >= 15 is 0 Å². The summed E-state index contributed by atoms with van der Waals surface area (Å²) < 4.78 is 7.25. The van der Waals surface area contributed by atoms with Crippen molar-refractivity contribution >= 4 is 11.6 Å². The Hall–Kier alpha value is -1.67. The van der Waals surface area contributed by atoms with Crippen molar-refractivity contribution in [3.8, 4) is 0 Å². The van der Waals surface area contributed by atoms with Crippen LogP contribution in [0.1, 0.15) is 6.92 Å². The highest BCUT2D eigenvalue weighted by Crippen LogP contribution is 2.21. The monoisotopic (exact) mass is 269 g/mol. The van der Waals surface area contributed by atoms with Gasteiger partial charge in [0.1, 0.15) is 0 Å². The molecular formula is C11H19N5O3. The van der Waals surface area contributed by atoms with Gasteiger partial charge in [0.2, 0.25) is 12.1 Å². The Balaban J connectivity index is 1.95. The molecule has 1 aromatic rings. The van der Waals surface area contributed by atoms with Crippen LogP contribution in [0.15, 0.2) is 6.33 Å². The molecule has 0 bridgehead atoms. The zero-order chi connectivity index (χ0) is 13.8. The van der Waals surface area contributed by atoms with Crippen molar-refractivity contribution in [2.75, 3.05) is 38.1 Å². The largest absolute Gasteiger partial charge is 0.406 e. The lowest BCUT2D eigenvalue weighted by atomic mass is 10.2. The summed E-state index contributed by atoms with van der Waals surface area (Å²) in [4.78, 5) is 16.4. The summed E-state index contributed by atoms with van der Waals surface area (Å²) >= 11 is 0. The molecule has 1 aliphatic heterocycles. The second-order valence-electron chi connectivity index (χ2n) is 4.55. The standard InChI is InChI=1S/C11H19N5O3/c1-3-15-4-5-19-9(7-15)6-12-10-11(16(17)18)13-8-14(10)2/h8-9,12H,3-7H2,1-2H3. The van der Waals surface area contributed by atoms with E-state index in [9.17, 15) is 10.1 Å². The van der Waals surface area contributed by atoms with E-state index in [-0.39, 0.29) is 11.9 Å². The first-order valence-electron chi connectivity index (χ1n) is 6.35. The Morgan fingerprint density at radius 3 is 3.16 bits per heavy atom. The lowest BCUT2D eigenvalue weighted by Crippen LogP contribution is -2.45. The van der Waals surface area contributed by atoms with Gasteiger partial charge in [-0.2, -0.15) is 0 Å². The number of nitrogens with one attached hydrogen (secondary N) is 1. The molecule has 1 N–H and O–H groups in total. The average Bonchev–Trinajstić information content (AvgIpc) is 2.78. The quantitative estimate of drug-likeness (QED) is 0.617. The van der Waals surface area contributed by atoms with Crippen LogP contribution in [0, 0.1) is 10.1 Å². The highest BCUT2D eigenvalue weighted by molar-refractivity contribution is 5.52. The van der Waals surface area contributed by atoms with E-state index in [0.29, 0.717) is 19.0 Å². The van der Waals surface area contributed by atoms with Gasteiger partial charge in [-0.05, 0) is 16.5 Å². The fraction of sp³-hybridized carbons (Fsp3) is 0.727. The van der Waals surface area contributed by atoms with Crippen molar-refractivity contribution in [2.45, 2.75) is 13.0 Å². The third-order valence-corrected chi connectivity index (χ3v) is 3.26. The molecule has 0 aromatic carbocycles. The molecule has 19 heavy (non-hydrogen) atoms. The summed E-state index contributed by atoms with van der Waals surface area (Å²) in [6.07, 6.45) is 1.48. The van der Waals surface area contributed by atoms with Gasteiger partial charge in [-0.25, -0.2) is 0 Å². The molecular weight excluding hydrogens is 250 g/mol. The number of hydrogen-bond donors (Lipinski definition) is 1. The van der Waals surface area contributed by atoms with Crippen LogP contribution < -0.4 is 5.32 Å². The molecule has 106 valence electrons. The van der Waals surface area contributed by atoms with Crippen LogP contribution in [0.5, 0.6) is 0 Å². The predicted molar refractivity (Wildman–Crippen MR) is 70.2 cm³/mol. The summed E-state index contributed by atoms with van der Waals surface area (Å²) in [5.41, 5.74) is 0. The summed E-state index contributed by atoms with van der Waals surface area (Å²) in [6.45, 7) is 6.13. The number of rotatable bonds is 5. The third-order valence-electron chi connectivity index (χ3n) is 3.26. The number of nitro groups is 1. The number of likely N-dealkylation sites (N-methyl/N-ethyl adjacent to an activating group) is 1. The minimum Gasteiger partial charge on any atom is -0.374 e. The lowest BCUT2D eigenvalue weighted by molar-refractivity contribution is -0.388. The van der Waals surface area contributed by atoms with Gasteiger partial charge >= 0.3 is 5.82 Å². The van der Waals surface area contributed by atoms with Gasteiger partial charge in [0.05, 0.1) is 12.7 Å². The topological polar surface area (TPSA) is 85.5 Å². The van der Waals surface area contributed by atoms with Crippen LogP contribution in [0.4, 0.5) is 11.6 Å². The normalized spacial score (nSPS) is 20.4. The van der Waals surface area contributed by atoms with E-state index in [1.165, 1.54) is 6.33 Å². The number of imidazole rings is 1. The highest BCUT2D eigenvalue weighted by atomic mass is 16.6. The Kier molecular flexibility index (Phi) is 4.33. The molecule has 0 saturated carbocycles. The summed E-state index contributed by atoms with van der Waals surface area (Å²) in [6, 6.07) is 0. The van der Waals surface area contributed by atoms with Crippen LogP contribution in [-0.4, -0.2) is 58.3 Å². The molecule has 0 radical (unpaired) electrons. The second kappa shape index (κ2) is 5.98. The number of ether oxygens (including phenoxy) is 1. The first-order chi connectivity index (χ1) is 9.11. The van der Waals surface area contributed by atoms with Gasteiger partial charge in [0.25, 0.3) is 0 Å². The van der Waals surface area contributed by atoms with Gasteiger partial charge in [-0.1, -0.05) is 6.92 Å². The van der Waals surface area contributed by atoms with Crippen LogP contribution >= 0.6 is 0 Å². The Morgan fingerprint density at radius 1 is 1.68 bits per heavy atom.